The van der Waals surface area contributed by atoms with Crippen molar-refractivity contribution in [1.29, 1.82) is 0 Å². The maximum Gasteiger partial charge on any atom is 0.419 e. The van der Waals surface area contributed by atoms with Gasteiger partial charge in [-0.2, -0.15) is 13.2 Å². The highest BCUT2D eigenvalue weighted by Crippen LogP contribution is 2.42. The number of halogens is 4. The van der Waals surface area contributed by atoms with Crippen molar-refractivity contribution in [1.82, 2.24) is 9.97 Å². The summed E-state index contributed by atoms with van der Waals surface area (Å²) in [6.07, 6.45) is -0.370. The number of benzene rings is 1. The topological polar surface area (TPSA) is 91.0 Å². The molecule has 3 aromatic heterocycles. The fraction of sp³-hybridized carbons (Fsp3) is 0.0526. The zero-order valence-corrected chi connectivity index (χ0v) is 14.1. The minimum Gasteiger partial charge on any atom is -0.436 e. The molecule has 28 heavy (non-hydrogen) atoms. The third-order valence-corrected chi connectivity index (χ3v) is 4.32. The fourth-order valence-electron chi connectivity index (χ4n) is 2.99. The quantitative estimate of drug-likeness (QED) is 0.478. The van der Waals surface area contributed by atoms with Gasteiger partial charge in [0.2, 0.25) is 5.88 Å². The van der Waals surface area contributed by atoms with Crippen LogP contribution < -0.4 is 11.5 Å². The van der Waals surface area contributed by atoms with Gasteiger partial charge in [-0.25, -0.2) is 4.39 Å². The highest BCUT2D eigenvalue weighted by molar-refractivity contribution is 6.09. The molecule has 4 aromatic rings. The molecule has 0 aliphatic carbocycles. The predicted octanol–water partition coefficient (Wildman–Crippen LogP) is 4.88. The van der Waals surface area contributed by atoms with Crippen LogP contribution in [0.2, 0.25) is 0 Å². The Kier molecular flexibility index (Phi) is 3.95. The summed E-state index contributed by atoms with van der Waals surface area (Å²) in [5.74, 6) is -1.45. The molecular weight excluding hydrogens is 376 g/mol. The second-order valence-corrected chi connectivity index (χ2v) is 6.03. The number of nitrogens with two attached hydrogens (primary N) is 2. The van der Waals surface area contributed by atoms with Crippen molar-refractivity contribution in [2.24, 2.45) is 0 Å². The first kappa shape index (κ1) is 17.8. The van der Waals surface area contributed by atoms with Crippen molar-refractivity contribution < 1.29 is 22.0 Å². The van der Waals surface area contributed by atoms with Crippen molar-refractivity contribution in [3.63, 3.8) is 0 Å². The van der Waals surface area contributed by atoms with E-state index in [1.54, 1.807) is 24.5 Å². The molecule has 0 amide bonds. The van der Waals surface area contributed by atoms with E-state index in [9.17, 15) is 17.6 Å². The second kappa shape index (κ2) is 6.22. The van der Waals surface area contributed by atoms with Gasteiger partial charge in [-0.05, 0) is 29.8 Å². The third kappa shape index (κ3) is 2.81. The van der Waals surface area contributed by atoms with Gasteiger partial charge in [0.15, 0.2) is 5.58 Å². The largest absolute Gasteiger partial charge is 0.436 e. The average molecular weight is 388 g/mol. The molecule has 1 aromatic carbocycles. The van der Waals surface area contributed by atoms with Crippen LogP contribution in [0.5, 0.6) is 0 Å². The van der Waals surface area contributed by atoms with Crippen LogP contribution in [0.15, 0.2) is 53.3 Å². The van der Waals surface area contributed by atoms with Crippen LogP contribution in [0.1, 0.15) is 5.56 Å². The van der Waals surface area contributed by atoms with Crippen LogP contribution in [0.4, 0.5) is 29.1 Å². The number of anilines is 2. The number of hydrogen-bond donors (Lipinski definition) is 2. The molecule has 3 heterocycles. The molecule has 0 aliphatic heterocycles. The van der Waals surface area contributed by atoms with E-state index in [1.807, 2.05) is 0 Å². The molecule has 142 valence electrons. The zero-order chi connectivity index (χ0) is 20.1. The summed E-state index contributed by atoms with van der Waals surface area (Å²) < 4.78 is 58.5. The minimum atomic E-state index is -4.84. The predicted molar refractivity (Wildman–Crippen MR) is 96.5 cm³/mol. The van der Waals surface area contributed by atoms with E-state index in [4.69, 9.17) is 15.9 Å². The maximum absolute atomic E-state index is 13.7. The van der Waals surface area contributed by atoms with Gasteiger partial charge in [0.25, 0.3) is 0 Å². The number of furan rings is 1. The van der Waals surface area contributed by atoms with Gasteiger partial charge >= 0.3 is 6.18 Å². The number of fused-ring (bicyclic) bond motifs is 1. The van der Waals surface area contributed by atoms with Crippen molar-refractivity contribution in [2.75, 3.05) is 11.5 Å². The third-order valence-electron chi connectivity index (χ3n) is 4.32. The SMILES string of the molecule is Nc1oc2c(-c3ccncc3)ncc(-c3ccc(F)c(C(F)(F)F)c3)c2c1N. The van der Waals surface area contributed by atoms with Crippen LogP contribution in [0.3, 0.4) is 0 Å². The van der Waals surface area contributed by atoms with Crippen molar-refractivity contribution in [3.8, 4) is 22.4 Å². The Hall–Kier alpha value is -3.62. The van der Waals surface area contributed by atoms with E-state index in [2.05, 4.69) is 9.97 Å². The molecular formula is C19H12F4N4O. The molecule has 0 unspecified atom stereocenters. The number of hydrogen-bond acceptors (Lipinski definition) is 5. The summed E-state index contributed by atoms with van der Waals surface area (Å²) in [5.41, 5.74) is 12.1. The van der Waals surface area contributed by atoms with Crippen molar-refractivity contribution in [3.05, 3.63) is 60.3 Å². The van der Waals surface area contributed by atoms with E-state index in [-0.39, 0.29) is 28.3 Å². The summed E-state index contributed by atoms with van der Waals surface area (Å²) in [6.45, 7) is 0. The highest BCUT2D eigenvalue weighted by Gasteiger charge is 2.34. The molecule has 0 saturated carbocycles. The standard InChI is InChI=1S/C19H12F4N4O/c20-13-2-1-10(7-12(13)19(21,22)23)11-8-27-16(9-3-5-26-6-4-9)17-14(11)15(24)18(25)28-17/h1-8H,24-25H2. The Morgan fingerprint density at radius 1 is 0.964 bits per heavy atom. The number of nitrogens with zero attached hydrogens (tertiary/aromatic N) is 2. The Morgan fingerprint density at radius 3 is 2.36 bits per heavy atom. The lowest BCUT2D eigenvalue weighted by molar-refractivity contribution is -0.139. The number of rotatable bonds is 2. The van der Waals surface area contributed by atoms with E-state index < -0.39 is 17.6 Å². The molecule has 0 aliphatic rings. The first-order chi connectivity index (χ1) is 13.3. The summed E-state index contributed by atoms with van der Waals surface area (Å²) in [7, 11) is 0. The molecule has 4 N–H and O–H groups in total. The number of alkyl halides is 3. The van der Waals surface area contributed by atoms with E-state index >= 15 is 0 Å². The zero-order valence-electron chi connectivity index (χ0n) is 14.1. The normalized spacial score (nSPS) is 11.9. The Labute approximate surface area is 155 Å². The molecule has 5 nitrogen and oxygen atoms in total. The van der Waals surface area contributed by atoms with Gasteiger partial charge < -0.3 is 15.9 Å². The number of nitrogen functional groups attached to an aromatic ring is 2. The maximum atomic E-state index is 13.7. The highest BCUT2D eigenvalue weighted by atomic mass is 19.4. The lowest BCUT2D eigenvalue weighted by atomic mass is 9.99. The summed E-state index contributed by atoms with van der Waals surface area (Å²) in [4.78, 5) is 8.24. The molecule has 0 bridgehead atoms. The van der Waals surface area contributed by atoms with Crippen LogP contribution in [0.25, 0.3) is 33.4 Å². The Bertz CT molecular complexity index is 1190. The van der Waals surface area contributed by atoms with Crippen LogP contribution in [-0.2, 0) is 6.18 Å². The molecule has 0 fully saturated rings. The second-order valence-electron chi connectivity index (χ2n) is 6.03. The summed E-state index contributed by atoms with van der Waals surface area (Å²) in [5, 5.41) is 0.305. The van der Waals surface area contributed by atoms with Gasteiger partial charge in [0.1, 0.15) is 17.2 Å². The van der Waals surface area contributed by atoms with Gasteiger partial charge in [0, 0.05) is 29.7 Å². The summed E-state index contributed by atoms with van der Waals surface area (Å²) >= 11 is 0. The van der Waals surface area contributed by atoms with Gasteiger partial charge in [0.05, 0.1) is 10.9 Å². The van der Waals surface area contributed by atoms with Gasteiger partial charge in [-0.15, -0.1) is 0 Å². The monoisotopic (exact) mass is 388 g/mol. The van der Waals surface area contributed by atoms with E-state index in [1.165, 1.54) is 12.3 Å². The lowest BCUT2D eigenvalue weighted by Crippen LogP contribution is -2.08. The first-order valence-electron chi connectivity index (χ1n) is 8.01. The molecule has 4 rings (SSSR count). The number of pyridine rings is 2. The minimum absolute atomic E-state index is 0.0700. The molecule has 0 spiro atoms. The van der Waals surface area contributed by atoms with Gasteiger partial charge in [-0.1, -0.05) is 6.07 Å². The molecule has 0 radical (unpaired) electrons. The Morgan fingerprint density at radius 2 is 1.68 bits per heavy atom. The smallest absolute Gasteiger partial charge is 0.419 e. The van der Waals surface area contributed by atoms with Crippen molar-refractivity contribution in [2.45, 2.75) is 6.18 Å². The summed E-state index contributed by atoms with van der Waals surface area (Å²) in [6, 6.07) is 6.06. The lowest BCUT2D eigenvalue weighted by Gasteiger charge is -2.11. The fourth-order valence-corrected chi connectivity index (χ4v) is 2.99. The molecule has 9 heteroatoms. The van der Waals surface area contributed by atoms with Crippen molar-refractivity contribution >= 4 is 22.5 Å². The van der Waals surface area contributed by atoms with Crippen LogP contribution in [0, 0.1) is 5.82 Å². The number of aromatic nitrogens is 2. The van der Waals surface area contributed by atoms with Gasteiger partial charge in [-0.3, -0.25) is 9.97 Å². The van der Waals surface area contributed by atoms with Crippen LogP contribution in [-0.4, -0.2) is 9.97 Å². The van der Waals surface area contributed by atoms with E-state index in [0.717, 1.165) is 6.07 Å². The first-order valence-corrected chi connectivity index (χ1v) is 8.01. The average Bonchev–Trinajstić information content (AvgIpc) is 2.96. The van der Waals surface area contributed by atoms with E-state index in [0.29, 0.717) is 22.7 Å². The Balaban J connectivity index is 2.00. The van der Waals surface area contributed by atoms with Crippen LogP contribution >= 0.6 is 0 Å². The molecule has 0 atom stereocenters. The molecule has 0 saturated heterocycles.